The summed E-state index contributed by atoms with van der Waals surface area (Å²) >= 11 is 7.55. The molecule has 0 aromatic heterocycles. The number of benzene rings is 3. The van der Waals surface area contributed by atoms with E-state index in [0.29, 0.717) is 34.3 Å². The Kier molecular flexibility index (Phi) is 5.56. The number of carbonyl (C=O) groups excluding carboxylic acids is 2. The van der Waals surface area contributed by atoms with Crippen LogP contribution in [0.15, 0.2) is 71.6 Å². The normalized spacial score (nSPS) is 13.2. The van der Waals surface area contributed by atoms with Crippen LogP contribution in [0.4, 0.5) is 15.8 Å². The predicted octanol–water partition coefficient (Wildman–Crippen LogP) is 5.37. The van der Waals surface area contributed by atoms with Crippen molar-refractivity contribution in [2.24, 2.45) is 0 Å². The molecule has 2 amide bonds. The Morgan fingerprint density at radius 1 is 1.10 bits per heavy atom. The van der Waals surface area contributed by atoms with Crippen molar-refractivity contribution in [1.82, 2.24) is 0 Å². The molecule has 1 heterocycles. The molecule has 1 N–H and O–H groups in total. The number of nitrogens with one attached hydrogen (secondary N) is 1. The molecule has 0 atom stereocenters. The number of rotatable bonds is 4. The van der Waals surface area contributed by atoms with Gasteiger partial charge in [-0.15, -0.1) is 11.8 Å². The summed E-state index contributed by atoms with van der Waals surface area (Å²) in [6.07, 6.45) is 0. The fraction of sp³-hybridized carbons (Fsp3) is 0.0909. The highest BCUT2D eigenvalue weighted by atomic mass is 35.5. The number of para-hydroxylation sites is 1. The van der Waals surface area contributed by atoms with Crippen LogP contribution in [0.1, 0.15) is 15.9 Å². The highest BCUT2D eigenvalue weighted by Gasteiger charge is 2.26. The zero-order valence-corrected chi connectivity index (χ0v) is 16.8. The first-order valence-corrected chi connectivity index (χ1v) is 10.2. The molecule has 3 aromatic carbocycles. The first-order chi connectivity index (χ1) is 14.0. The molecule has 7 heteroatoms. The van der Waals surface area contributed by atoms with Crippen molar-refractivity contribution in [3.63, 3.8) is 0 Å². The van der Waals surface area contributed by atoms with Gasteiger partial charge in [0.25, 0.3) is 5.91 Å². The summed E-state index contributed by atoms with van der Waals surface area (Å²) in [6.45, 7) is 0.308. The standard InChI is InChI=1S/C22H16ClFN2O2S/c23-17-3-1-2-4-18(17)25-22(28)15-7-10-20-19(11-15)26(21(27)13-29-20)12-14-5-8-16(24)9-6-14/h1-11H,12-13H2,(H,25,28). The van der Waals surface area contributed by atoms with Gasteiger partial charge in [-0.25, -0.2) is 4.39 Å². The topological polar surface area (TPSA) is 49.4 Å². The van der Waals surface area contributed by atoms with Gasteiger partial charge in [0.2, 0.25) is 5.91 Å². The van der Waals surface area contributed by atoms with Gasteiger partial charge in [0, 0.05) is 10.5 Å². The minimum Gasteiger partial charge on any atom is -0.321 e. The maximum absolute atomic E-state index is 13.2. The summed E-state index contributed by atoms with van der Waals surface area (Å²) in [4.78, 5) is 27.8. The average Bonchev–Trinajstić information content (AvgIpc) is 2.73. The number of hydrogen-bond donors (Lipinski definition) is 1. The Morgan fingerprint density at radius 3 is 2.62 bits per heavy atom. The molecule has 1 aliphatic rings. The molecule has 0 bridgehead atoms. The van der Waals surface area contributed by atoms with Crippen molar-refractivity contribution in [2.75, 3.05) is 16.0 Å². The molecule has 0 saturated heterocycles. The van der Waals surface area contributed by atoms with Gasteiger partial charge in [0.05, 0.1) is 28.7 Å². The van der Waals surface area contributed by atoms with E-state index in [0.717, 1.165) is 10.5 Å². The van der Waals surface area contributed by atoms with E-state index in [9.17, 15) is 14.0 Å². The Bertz CT molecular complexity index is 1090. The van der Waals surface area contributed by atoms with Crippen LogP contribution < -0.4 is 10.2 Å². The third-order valence-corrected chi connectivity index (χ3v) is 5.92. The smallest absolute Gasteiger partial charge is 0.255 e. The fourth-order valence-corrected chi connectivity index (χ4v) is 4.15. The van der Waals surface area contributed by atoms with Gasteiger partial charge < -0.3 is 10.2 Å². The minimum absolute atomic E-state index is 0.0597. The lowest BCUT2D eigenvalue weighted by molar-refractivity contribution is -0.116. The fourth-order valence-electron chi connectivity index (χ4n) is 3.05. The van der Waals surface area contributed by atoms with Crippen molar-refractivity contribution in [3.8, 4) is 0 Å². The number of thioether (sulfide) groups is 1. The summed E-state index contributed by atoms with van der Waals surface area (Å²) in [7, 11) is 0. The maximum atomic E-state index is 13.2. The second-order valence-corrected chi connectivity index (χ2v) is 7.94. The van der Waals surface area contributed by atoms with E-state index in [1.807, 2.05) is 6.07 Å². The van der Waals surface area contributed by atoms with Crippen LogP contribution in [0.25, 0.3) is 0 Å². The molecule has 0 saturated carbocycles. The molecular formula is C22H16ClFN2O2S. The number of anilines is 2. The number of hydrogen-bond acceptors (Lipinski definition) is 3. The van der Waals surface area contributed by atoms with Gasteiger partial charge in [-0.3, -0.25) is 9.59 Å². The predicted molar refractivity (Wildman–Crippen MR) is 114 cm³/mol. The van der Waals surface area contributed by atoms with Crippen molar-refractivity contribution < 1.29 is 14.0 Å². The Labute approximate surface area is 176 Å². The molecule has 146 valence electrons. The number of amides is 2. The minimum atomic E-state index is -0.326. The van der Waals surface area contributed by atoms with E-state index in [2.05, 4.69) is 5.32 Å². The molecule has 3 aromatic rings. The molecule has 1 aliphatic heterocycles. The number of fused-ring (bicyclic) bond motifs is 1. The third kappa shape index (κ3) is 4.28. The van der Waals surface area contributed by atoms with Crippen LogP contribution in [0.5, 0.6) is 0 Å². The van der Waals surface area contributed by atoms with Crippen molar-refractivity contribution in [2.45, 2.75) is 11.4 Å². The largest absolute Gasteiger partial charge is 0.321 e. The highest BCUT2D eigenvalue weighted by Crippen LogP contribution is 2.37. The lowest BCUT2D eigenvalue weighted by Crippen LogP contribution is -2.35. The Hall–Kier alpha value is -2.83. The molecule has 29 heavy (non-hydrogen) atoms. The van der Waals surface area contributed by atoms with Crippen molar-refractivity contribution >= 4 is 46.6 Å². The van der Waals surface area contributed by atoms with E-state index in [1.165, 1.54) is 23.9 Å². The SMILES string of the molecule is O=C(Nc1ccccc1Cl)c1ccc2c(c1)N(Cc1ccc(F)cc1)C(=O)CS2. The van der Waals surface area contributed by atoms with Crippen LogP contribution in [0, 0.1) is 5.82 Å². The third-order valence-electron chi connectivity index (χ3n) is 4.54. The zero-order valence-electron chi connectivity index (χ0n) is 15.2. The van der Waals surface area contributed by atoms with Gasteiger partial charge in [-0.2, -0.15) is 0 Å². The maximum Gasteiger partial charge on any atom is 0.255 e. The first kappa shape index (κ1) is 19.5. The van der Waals surface area contributed by atoms with Crippen LogP contribution in [0.2, 0.25) is 5.02 Å². The van der Waals surface area contributed by atoms with E-state index < -0.39 is 0 Å². The lowest BCUT2D eigenvalue weighted by Gasteiger charge is -2.29. The molecule has 0 spiro atoms. The number of halogens is 2. The van der Waals surface area contributed by atoms with Crippen LogP contribution in [-0.4, -0.2) is 17.6 Å². The van der Waals surface area contributed by atoms with E-state index in [4.69, 9.17) is 11.6 Å². The summed E-state index contributed by atoms with van der Waals surface area (Å²) in [6, 6.07) is 18.3. The van der Waals surface area contributed by atoms with Crippen molar-refractivity contribution in [1.29, 1.82) is 0 Å². The Morgan fingerprint density at radius 2 is 1.86 bits per heavy atom. The van der Waals surface area contributed by atoms with E-state index >= 15 is 0 Å². The van der Waals surface area contributed by atoms with Gasteiger partial charge in [-0.1, -0.05) is 35.9 Å². The number of nitrogens with zero attached hydrogens (tertiary/aromatic N) is 1. The van der Waals surface area contributed by atoms with E-state index in [1.54, 1.807) is 53.4 Å². The molecule has 0 radical (unpaired) electrons. The monoisotopic (exact) mass is 426 g/mol. The van der Waals surface area contributed by atoms with Gasteiger partial charge >= 0.3 is 0 Å². The van der Waals surface area contributed by atoms with Crippen LogP contribution >= 0.6 is 23.4 Å². The molecule has 4 nitrogen and oxygen atoms in total. The summed E-state index contributed by atoms with van der Waals surface area (Å²) < 4.78 is 13.2. The summed E-state index contributed by atoms with van der Waals surface area (Å²) in [5.41, 5.74) is 2.42. The average molecular weight is 427 g/mol. The second kappa shape index (κ2) is 8.27. The summed E-state index contributed by atoms with van der Waals surface area (Å²) in [5, 5.41) is 3.24. The van der Waals surface area contributed by atoms with Gasteiger partial charge in [0.15, 0.2) is 0 Å². The van der Waals surface area contributed by atoms with Crippen molar-refractivity contribution in [3.05, 3.63) is 88.7 Å². The first-order valence-electron chi connectivity index (χ1n) is 8.89. The quantitative estimate of drug-likeness (QED) is 0.610. The van der Waals surface area contributed by atoms with Gasteiger partial charge in [-0.05, 0) is 48.0 Å². The zero-order chi connectivity index (χ0) is 20.4. The van der Waals surface area contributed by atoms with Crippen LogP contribution in [0.3, 0.4) is 0 Å². The molecule has 4 rings (SSSR count). The molecule has 0 unspecified atom stereocenters. The lowest BCUT2D eigenvalue weighted by atomic mass is 10.1. The van der Waals surface area contributed by atoms with Crippen LogP contribution in [-0.2, 0) is 11.3 Å². The second-order valence-electron chi connectivity index (χ2n) is 6.51. The van der Waals surface area contributed by atoms with Gasteiger partial charge in [0.1, 0.15) is 5.82 Å². The molecular weight excluding hydrogens is 411 g/mol. The van der Waals surface area contributed by atoms with E-state index in [-0.39, 0.29) is 17.6 Å². The number of carbonyl (C=O) groups is 2. The molecule has 0 fully saturated rings. The summed E-state index contributed by atoms with van der Waals surface area (Å²) in [5.74, 6) is -0.381. The highest BCUT2D eigenvalue weighted by molar-refractivity contribution is 8.00. The Balaban J connectivity index is 1.62. The molecule has 0 aliphatic carbocycles.